The fourth-order valence-electron chi connectivity index (χ4n) is 1.84. The molecule has 0 aliphatic carbocycles. The number of hydrogen-bond acceptors (Lipinski definition) is 4. The molecule has 6 heteroatoms. The van der Waals surface area contributed by atoms with E-state index >= 15 is 0 Å². The van der Waals surface area contributed by atoms with Gasteiger partial charge in [0, 0.05) is 30.8 Å². The summed E-state index contributed by atoms with van der Waals surface area (Å²) >= 11 is 7.40. The summed E-state index contributed by atoms with van der Waals surface area (Å²) in [5.74, 6) is 0. The molecule has 0 unspecified atom stereocenters. The van der Waals surface area contributed by atoms with Crippen molar-refractivity contribution in [3.05, 3.63) is 15.0 Å². The van der Waals surface area contributed by atoms with Crippen molar-refractivity contribution >= 4 is 29.0 Å². The van der Waals surface area contributed by atoms with Gasteiger partial charge in [-0.2, -0.15) is 0 Å². The maximum Gasteiger partial charge on any atom is 0.410 e. The SMILES string of the molecule is CC(C)(C)OC(=O)N1CCc2nc(Cl)sc2CC1. The van der Waals surface area contributed by atoms with Crippen LogP contribution in [-0.2, 0) is 17.6 Å². The van der Waals surface area contributed by atoms with Gasteiger partial charge in [-0.3, -0.25) is 0 Å². The van der Waals surface area contributed by atoms with Gasteiger partial charge in [-0.1, -0.05) is 11.6 Å². The second kappa shape index (κ2) is 5.05. The minimum absolute atomic E-state index is 0.247. The second-order valence-electron chi connectivity index (χ2n) is 5.30. The van der Waals surface area contributed by atoms with Crippen LogP contribution in [0, 0.1) is 0 Å². The Morgan fingerprint density at radius 2 is 2.06 bits per heavy atom. The zero-order chi connectivity index (χ0) is 13.3. The molecule has 0 saturated heterocycles. The van der Waals surface area contributed by atoms with Crippen molar-refractivity contribution in [2.45, 2.75) is 39.2 Å². The molecule has 0 spiro atoms. The van der Waals surface area contributed by atoms with Crippen LogP contribution in [0.3, 0.4) is 0 Å². The van der Waals surface area contributed by atoms with Crippen LogP contribution in [-0.4, -0.2) is 34.7 Å². The number of ether oxygens (including phenoxy) is 1. The first-order valence-electron chi connectivity index (χ1n) is 5.97. The number of fused-ring (bicyclic) bond motifs is 1. The first-order valence-corrected chi connectivity index (χ1v) is 7.16. The third-order valence-electron chi connectivity index (χ3n) is 2.63. The first kappa shape index (κ1) is 13.6. The molecule has 0 aromatic carbocycles. The van der Waals surface area contributed by atoms with Gasteiger partial charge in [0.25, 0.3) is 0 Å². The summed E-state index contributed by atoms with van der Waals surface area (Å²) in [6, 6.07) is 0. The van der Waals surface area contributed by atoms with Crippen molar-refractivity contribution in [2.75, 3.05) is 13.1 Å². The molecule has 1 aromatic heterocycles. The molecule has 2 heterocycles. The van der Waals surface area contributed by atoms with Crippen LogP contribution >= 0.6 is 22.9 Å². The number of carbonyl (C=O) groups excluding carboxylic acids is 1. The zero-order valence-corrected chi connectivity index (χ0v) is 12.4. The van der Waals surface area contributed by atoms with Crippen molar-refractivity contribution in [1.29, 1.82) is 0 Å². The molecule has 18 heavy (non-hydrogen) atoms. The molecular weight excluding hydrogens is 272 g/mol. The van der Waals surface area contributed by atoms with Gasteiger partial charge in [-0.25, -0.2) is 9.78 Å². The Morgan fingerprint density at radius 1 is 1.39 bits per heavy atom. The van der Waals surface area contributed by atoms with E-state index < -0.39 is 5.60 Å². The molecule has 0 fully saturated rings. The summed E-state index contributed by atoms with van der Waals surface area (Å²) < 4.78 is 5.96. The molecular formula is C12H17ClN2O2S. The Bertz CT molecular complexity index is 428. The highest BCUT2D eigenvalue weighted by molar-refractivity contribution is 7.15. The molecule has 1 aliphatic heterocycles. The van der Waals surface area contributed by atoms with Gasteiger partial charge in [0.2, 0.25) is 0 Å². The van der Waals surface area contributed by atoms with E-state index in [0.29, 0.717) is 17.6 Å². The average Bonchev–Trinajstić information content (AvgIpc) is 2.45. The lowest BCUT2D eigenvalue weighted by Gasteiger charge is -2.26. The maximum absolute atomic E-state index is 12.0. The Morgan fingerprint density at radius 3 is 2.72 bits per heavy atom. The normalized spacial score (nSPS) is 16.1. The van der Waals surface area contributed by atoms with Gasteiger partial charge in [0.15, 0.2) is 4.47 Å². The van der Waals surface area contributed by atoms with Crippen molar-refractivity contribution in [1.82, 2.24) is 9.88 Å². The highest BCUT2D eigenvalue weighted by Gasteiger charge is 2.25. The summed E-state index contributed by atoms with van der Waals surface area (Å²) in [5.41, 5.74) is 0.575. The molecule has 2 rings (SSSR count). The number of amides is 1. The molecule has 0 N–H and O–H groups in total. The van der Waals surface area contributed by atoms with E-state index in [9.17, 15) is 4.79 Å². The van der Waals surface area contributed by atoms with Crippen molar-refractivity contribution in [3.8, 4) is 0 Å². The summed E-state index contributed by atoms with van der Waals surface area (Å²) in [5, 5.41) is 0. The van der Waals surface area contributed by atoms with Crippen LogP contribution in [0.25, 0.3) is 0 Å². The lowest BCUT2D eigenvalue weighted by molar-refractivity contribution is 0.0258. The van der Waals surface area contributed by atoms with Gasteiger partial charge < -0.3 is 9.64 Å². The molecule has 4 nitrogen and oxygen atoms in total. The Labute approximate surface area is 116 Å². The lowest BCUT2D eigenvalue weighted by Crippen LogP contribution is -2.38. The monoisotopic (exact) mass is 288 g/mol. The summed E-state index contributed by atoms with van der Waals surface area (Å²) in [6.45, 7) is 6.94. The second-order valence-corrected chi connectivity index (χ2v) is 6.97. The van der Waals surface area contributed by atoms with Crippen LogP contribution < -0.4 is 0 Å². The van der Waals surface area contributed by atoms with Gasteiger partial charge in [-0.15, -0.1) is 11.3 Å². The Kier molecular flexibility index (Phi) is 3.82. The van der Waals surface area contributed by atoms with E-state index in [4.69, 9.17) is 16.3 Å². The van der Waals surface area contributed by atoms with Crippen LogP contribution in [0.2, 0.25) is 4.47 Å². The predicted molar refractivity (Wildman–Crippen MR) is 72.3 cm³/mol. The van der Waals surface area contributed by atoms with E-state index in [2.05, 4.69) is 4.98 Å². The molecule has 1 aromatic rings. The topological polar surface area (TPSA) is 42.4 Å². The third-order valence-corrected chi connectivity index (χ3v) is 3.89. The predicted octanol–water partition coefficient (Wildman–Crippen LogP) is 3.13. The molecule has 0 bridgehead atoms. The smallest absolute Gasteiger partial charge is 0.410 e. The van der Waals surface area contributed by atoms with E-state index in [-0.39, 0.29) is 6.09 Å². The largest absolute Gasteiger partial charge is 0.444 e. The highest BCUT2D eigenvalue weighted by atomic mass is 35.5. The van der Waals surface area contributed by atoms with Crippen molar-refractivity contribution < 1.29 is 9.53 Å². The fourth-order valence-corrected chi connectivity index (χ4v) is 3.04. The van der Waals surface area contributed by atoms with E-state index in [0.717, 1.165) is 18.5 Å². The minimum atomic E-state index is -0.449. The number of thiazole rings is 1. The summed E-state index contributed by atoms with van der Waals surface area (Å²) in [6.07, 6.45) is 1.31. The molecule has 0 saturated carbocycles. The maximum atomic E-state index is 12.0. The van der Waals surface area contributed by atoms with Crippen LogP contribution in [0.1, 0.15) is 31.3 Å². The fraction of sp³-hybridized carbons (Fsp3) is 0.667. The van der Waals surface area contributed by atoms with Gasteiger partial charge in [0.1, 0.15) is 5.60 Å². The van der Waals surface area contributed by atoms with E-state index in [1.807, 2.05) is 20.8 Å². The summed E-state index contributed by atoms with van der Waals surface area (Å²) in [7, 11) is 0. The van der Waals surface area contributed by atoms with Crippen molar-refractivity contribution in [2.24, 2.45) is 0 Å². The highest BCUT2D eigenvalue weighted by Crippen LogP contribution is 2.26. The van der Waals surface area contributed by atoms with E-state index in [1.165, 1.54) is 16.2 Å². The third kappa shape index (κ3) is 3.36. The number of rotatable bonds is 0. The number of nitrogens with zero attached hydrogens (tertiary/aromatic N) is 2. The van der Waals surface area contributed by atoms with Gasteiger partial charge in [-0.05, 0) is 20.8 Å². The zero-order valence-electron chi connectivity index (χ0n) is 10.8. The Balaban J connectivity index is 2.00. The molecule has 0 radical (unpaired) electrons. The molecule has 1 aliphatic rings. The average molecular weight is 289 g/mol. The minimum Gasteiger partial charge on any atom is -0.444 e. The summed E-state index contributed by atoms with van der Waals surface area (Å²) in [4.78, 5) is 19.2. The van der Waals surface area contributed by atoms with Gasteiger partial charge >= 0.3 is 6.09 Å². The first-order chi connectivity index (χ1) is 8.35. The number of carbonyl (C=O) groups is 1. The lowest BCUT2D eigenvalue weighted by atomic mass is 10.2. The van der Waals surface area contributed by atoms with Crippen LogP contribution in [0.15, 0.2) is 0 Å². The Hall–Kier alpha value is -0.810. The van der Waals surface area contributed by atoms with Crippen LogP contribution in [0.5, 0.6) is 0 Å². The molecule has 1 amide bonds. The quantitative estimate of drug-likeness (QED) is 0.736. The molecule has 100 valence electrons. The number of aromatic nitrogens is 1. The van der Waals surface area contributed by atoms with E-state index in [1.54, 1.807) is 4.90 Å². The van der Waals surface area contributed by atoms with Gasteiger partial charge in [0.05, 0.1) is 5.69 Å². The standard InChI is InChI=1S/C12H17ClN2O2S/c1-12(2,3)17-11(16)15-6-4-8-9(5-7-15)18-10(13)14-8/h4-7H2,1-3H3. The van der Waals surface area contributed by atoms with Crippen LogP contribution in [0.4, 0.5) is 4.79 Å². The molecule has 0 atom stereocenters. The number of halogens is 1. The number of hydrogen-bond donors (Lipinski definition) is 0. The van der Waals surface area contributed by atoms with Crippen molar-refractivity contribution in [3.63, 3.8) is 0 Å².